The molecule has 0 aliphatic heterocycles. The molecule has 154 valence electrons. The molecule has 0 aliphatic rings. The Morgan fingerprint density at radius 1 is 0.929 bits per heavy atom. The molecular weight excluding hydrogens is 369 g/mol. The molecule has 0 aromatic heterocycles. The van der Waals surface area contributed by atoms with Gasteiger partial charge in [-0.3, -0.25) is 4.57 Å². The second kappa shape index (κ2) is 9.73. The summed E-state index contributed by atoms with van der Waals surface area (Å²) < 4.78 is 19.8. The zero-order valence-corrected chi connectivity index (χ0v) is 18.8. The minimum atomic E-state index is -3.49. The van der Waals surface area contributed by atoms with E-state index in [0.29, 0.717) is 29.3 Å². The fourth-order valence-corrected chi connectivity index (χ4v) is 5.00. The highest BCUT2D eigenvalue weighted by atomic mass is 31.2. The van der Waals surface area contributed by atoms with Crippen LogP contribution in [0.4, 0.5) is 5.69 Å². The van der Waals surface area contributed by atoms with Crippen LogP contribution < -0.4 is 10.2 Å². The summed E-state index contributed by atoms with van der Waals surface area (Å²) in [4.78, 5) is 1.98. The van der Waals surface area contributed by atoms with E-state index in [-0.39, 0.29) is 0 Å². The van der Waals surface area contributed by atoms with E-state index >= 15 is 0 Å². The van der Waals surface area contributed by atoms with Crippen molar-refractivity contribution in [3.05, 3.63) is 59.7 Å². The van der Waals surface area contributed by atoms with Crippen molar-refractivity contribution in [2.45, 2.75) is 45.9 Å². The van der Waals surface area contributed by atoms with Crippen LogP contribution in [0.3, 0.4) is 0 Å². The molecule has 1 N–H and O–H groups in total. The average Bonchev–Trinajstić information content (AvgIpc) is 2.67. The quantitative estimate of drug-likeness (QED) is 0.559. The molecule has 0 aliphatic carbocycles. The Morgan fingerprint density at radius 2 is 1.46 bits per heavy atom. The molecule has 0 unspecified atom stereocenters. The van der Waals surface area contributed by atoms with Gasteiger partial charge in [0.15, 0.2) is 5.85 Å². The van der Waals surface area contributed by atoms with Gasteiger partial charge in [-0.1, -0.05) is 52.0 Å². The molecule has 28 heavy (non-hydrogen) atoms. The van der Waals surface area contributed by atoms with E-state index in [1.165, 1.54) is 5.56 Å². The fourth-order valence-electron chi connectivity index (χ4n) is 2.92. The minimum Gasteiger partial charge on any atom is -0.378 e. The second-order valence-electron chi connectivity index (χ2n) is 8.22. The molecule has 5 heteroatoms. The van der Waals surface area contributed by atoms with Crippen molar-refractivity contribution in [2.75, 3.05) is 25.6 Å². The Bertz CT molecular complexity index is 782. The first-order valence-electron chi connectivity index (χ1n) is 9.95. The second-order valence-corrected chi connectivity index (χ2v) is 10.7. The summed E-state index contributed by atoms with van der Waals surface area (Å²) >= 11 is 0. The van der Waals surface area contributed by atoms with Crippen LogP contribution in [-0.4, -0.2) is 25.8 Å². The van der Waals surface area contributed by atoms with Crippen LogP contribution in [0.5, 0.6) is 0 Å². The molecule has 2 rings (SSSR count). The number of aliphatic hydroxyl groups excluding tert-OH is 1. The van der Waals surface area contributed by atoms with E-state index in [0.717, 1.165) is 12.1 Å². The van der Waals surface area contributed by atoms with E-state index in [4.69, 9.17) is 4.52 Å². The lowest BCUT2D eigenvalue weighted by atomic mass is 10.0. The van der Waals surface area contributed by atoms with Gasteiger partial charge >= 0.3 is 0 Å². The first-order valence-corrected chi connectivity index (χ1v) is 11.6. The van der Waals surface area contributed by atoms with Crippen molar-refractivity contribution in [3.63, 3.8) is 0 Å². The summed E-state index contributed by atoms with van der Waals surface area (Å²) in [5.74, 6) is -0.350. The zero-order valence-electron chi connectivity index (χ0n) is 17.9. The molecule has 0 spiro atoms. The number of aliphatic hydroxyl groups is 1. The predicted molar refractivity (Wildman–Crippen MR) is 119 cm³/mol. The maximum Gasteiger partial charge on any atom is 0.264 e. The molecule has 0 fully saturated rings. The molecule has 0 heterocycles. The van der Waals surface area contributed by atoms with Gasteiger partial charge in [-0.15, -0.1) is 0 Å². The van der Waals surface area contributed by atoms with Gasteiger partial charge in [-0.2, -0.15) is 0 Å². The van der Waals surface area contributed by atoms with Gasteiger partial charge in [0.2, 0.25) is 0 Å². The van der Waals surface area contributed by atoms with E-state index in [1.54, 1.807) is 12.1 Å². The number of hydrogen-bond acceptors (Lipinski definition) is 4. The number of hydrogen-bond donors (Lipinski definition) is 1. The third-order valence-corrected chi connectivity index (χ3v) is 7.45. The summed E-state index contributed by atoms with van der Waals surface area (Å²) in [7, 11) is 0.422. The van der Waals surface area contributed by atoms with Gasteiger partial charge in [0.05, 0.1) is 6.61 Å². The van der Waals surface area contributed by atoms with Gasteiger partial charge in [0.1, 0.15) is 0 Å². The number of rotatable bonds is 9. The van der Waals surface area contributed by atoms with Crippen molar-refractivity contribution < 1.29 is 14.2 Å². The molecule has 4 nitrogen and oxygen atoms in total. The smallest absolute Gasteiger partial charge is 0.264 e. The lowest BCUT2D eigenvalue weighted by molar-refractivity contribution is 0.209. The largest absolute Gasteiger partial charge is 0.378 e. The van der Waals surface area contributed by atoms with Crippen LogP contribution >= 0.6 is 7.37 Å². The number of anilines is 1. The summed E-state index contributed by atoms with van der Waals surface area (Å²) in [6, 6.07) is 15.1. The highest BCUT2D eigenvalue weighted by Gasteiger charge is 2.36. The molecule has 0 bridgehead atoms. The fraction of sp³-hybridized carbons (Fsp3) is 0.478. The molecular formula is C23H34NO3P. The average molecular weight is 404 g/mol. The van der Waals surface area contributed by atoms with Crippen molar-refractivity contribution in [1.29, 1.82) is 0 Å². The maximum absolute atomic E-state index is 13.9. The lowest BCUT2D eigenvalue weighted by Gasteiger charge is -2.26. The normalized spacial score (nSPS) is 14.9. The summed E-state index contributed by atoms with van der Waals surface area (Å²) in [6.07, 6.45) is 0.790. The minimum absolute atomic E-state index is 0.353. The first kappa shape index (κ1) is 22.7. The van der Waals surface area contributed by atoms with E-state index in [2.05, 4.69) is 27.7 Å². The molecule has 2 atom stereocenters. The summed E-state index contributed by atoms with van der Waals surface area (Å²) in [5, 5.41) is 11.6. The van der Waals surface area contributed by atoms with Gasteiger partial charge in [-0.05, 0) is 53.6 Å². The SMILES string of the molecule is CC(C)CCO[P@](=O)(c1ccc(N(C)C)cc1)[C@@H](O)c1ccc(C(C)C)cc1. The predicted octanol–water partition coefficient (Wildman–Crippen LogP) is 5.53. The third-order valence-electron chi connectivity index (χ3n) is 4.93. The topological polar surface area (TPSA) is 49.8 Å². The molecule has 0 amide bonds. The van der Waals surface area contributed by atoms with Gasteiger partial charge in [0, 0.05) is 25.1 Å². The molecule has 0 saturated heterocycles. The highest BCUT2D eigenvalue weighted by Crippen LogP contribution is 2.58. The first-order chi connectivity index (χ1) is 13.1. The van der Waals surface area contributed by atoms with Crippen molar-refractivity contribution >= 4 is 18.4 Å². The lowest BCUT2D eigenvalue weighted by Crippen LogP contribution is -2.17. The Balaban J connectivity index is 2.37. The molecule has 2 aromatic rings. The van der Waals surface area contributed by atoms with Crippen LogP contribution in [0.25, 0.3) is 0 Å². The molecule has 0 saturated carbocycles. The van der Waals surface area contributed by atoms with Crippen LogP contribution in [0.1, 0.15) is 57.0 Å². The van der Waals surface area contributed by atoms with Crippen LogP contribution in [0, 0.1) is 5.92 Å². The van der Waals surface area contributed by atoms with E-state index in [1.807, 2.05) is 55.4 Å². The monoisotopic (exact) mass is 403 g/mol. The van der Waals surface area contributed by atoms with Gasteiger partial charge in [0.25, 0.3) is 7.37 Å². The van der Waals surface area contributed by atoms with Crippen LogP contribution in [-0.2, 0) is 9.09 Å². The summed E-state index contributed by atoms with van der Waals surface area (Å²) in [5.41, 5.74) is 2.81. The maximum atomic E-state index is 13.9. The Hall–Kier alpha value is -1.61. The Kier molecular flexibility index (Phi) is 7.88. The highest BCUT2D eigenvalue weighted by molar-refractivity contribution is 7.67. The van der Waals surface area contributed by atoms with Crippen LogP contribution in [0.2, 0.25) is 0 Å². The zero-order chi connectivity index (χ0) is 20.9. The standard InChI is InChI=1S/C23H34NO3P/c1-17(2)15-16-27-28(26,22-13-11-21(12-14-22)24(5)6)23(25)20-9-7-19(8-10-20)18(3)4/h7-14,17-18,23,25H,15-16H2,1-6H3/t23-,28-/m1/s1. The molecule has 0 radical (unpaired) electrons. The van der Waals surface area contributed by atoms with Crippen molar-refractivity contribution in [3.8, 4) is 0 Å². The van der Waals surface area contributed by atoms with Gasteiger partial charge in [-0.25, -0.2) is 0 Å². The summed E-state index contributed by atoms with van der Waals surface area (Å²) in [6.45, 7) is 8.79. The van der Waals surface area contributed by atoms with E-state index in [9.17, 15) is 9.67 Å². The van der Waals surface area contributed by atoms with Crippen molar-refractivity contribution in [2.24, 2.45) is 5.92 Å². The van der Waals surface area contributed by atoms with Crippen molar-refractivity contribution in [1.82, 2.24) is 0 Å². The van der Waals surface area contributed by atoms with Crippen LogP contribution in [0.15, 0.2) is 48.5 Å². The number of benzene rings is 2. The third kappa shape index (κ3) is 5.47. The molecule has 2 aromatic carbocycles. The van der Waals surface area contributed by atoms with E-state index < -0.39 is 13.2 Å². The number of nitrogens with zero attached hydrogens (tertiary/aromatic N) is 1. The Labute approximate surface area is 170 Å². The van der Waals surface area contributed by atoms with Gasteiger partial charge < -0.3 is 14.5 Å². The Morgan fingerprint density at radius 3 is 1.93 bits per heavy atom.